The zero-order chi connectivity index (χ0) is 13.0. The van der Waals surface area contributed by atoms with Crippen LogP contribution in [0.3, 0.4) is 0 Å². The normalized spacial score (nSPS) is 19.8. The second-order valence-corrected chi connectivity index (χ2v) is 6.35. The van der Waals surface area contributed by atoms with Gasteiger partial charge in [0.15, 0.2) is 0 Å². The third-order valence-corrected chi connectivity index (χ3v) is 4.48. The Labute approximate surface area is 126 Å². The molecule has 0 bridgehead atoms. The number of ether oxygens (including phenoxy) is 1. The van der Waals surface area contributed by atoms with E-state index in [9.17, 15) is 0 Å². The summed E-state index contributed by atoms with van der Waals surface area (Å²) in [5.41, 5.74) is 2.63. The monoisotopic (exact) mass is 375 g/mol. The van der Waals surface area contributed by atoms with Crippen molar-refractivity contribution >= 4 is 37.5 Å². The van der Waals surface area contributed by atoms with Gasteiger partial charge in [-0.2, -0.15) is 0 Å². The van der Waals surface area contributed by atoms with Gasteiger partial charge in [-0.1, -0.05) is 31.9 Å². The molecule has 18 heavy (non-hydrogen) atoms. The van der Waals surface area contributed by atoms with Gasteiger partial charge < -0.3 is 9.64 Å². The maximum atomic E-state index is 5.55. The molecule has 1 aromatic carbocycles. The van der Waals surface area contributed by atoms with E-state index in [4.69, 9.17) is 4.74 Å². The molecule has 1 aliphatic rings. The molecule has 1 atom stereocenters. The molecule has 4 heteroatoms. The molecule has 1 unspecified atom stereocenters. The summed E-state index contributed by atoms with van der Waals surface area (Å²) in [5, 5.41) is 0.882. The van der Waals surface area contributed by atoms with Crippen LogP contribution in [0.1, 0.15) is 18.4 Å². The van der Waals surface area contributed by atoms with Gasteiger partial charge in [-0.3, -0.25) is 0 Å². The van der Waals surface area contributed by atoms with Gasteiger partial charge in [0, 0.05) is 35.7 Å². The molecule has 1 aliphatic heterocycles. The molecular formula is C14H19Br2NO. The van der Waals surface area contributed by atoms with Crippen LogP contribution in [0.5, 0.6) is 0 Å². The van der Waals surface area contributed by atoms with Crippen LogP contribution in [0.4, 0.5) is 5.69 Å². The summed E-state index contributed by atoms with van der Waals surface area (Å²) in [7, 11) is 2.17. The van der Waals surface area contributed by atoms with Crippen molar-refractivity contribution in [3.8, 4) is 0 Å². The van der Waals surface area contributed by atoms with E-state index in [1.165, 1.54) is 24.1 Å². The van der Waals surface area contributed by atoms with Crippen LogP contribution in [0.25, 0.3) is 0 Å². The first kappa shape index (κ1) is 14.4. The molecule has 0 saturated carbocycles. The minimum atomic E-state index is 0.663. The predicted molar refractivity (Wildman–Crippen MR) is 83.6 cm³/mol. The summed E-state index contributed by atoms with van der Waals surface area (Å²) < 4.78 is 6.69. The van der Waals surface area contributed by atoms with Gasteiger partial charge >= 0.3 is 0 Å². The molecule has 1 fully saturated rings. The van der Waals surface area contributed by atoms with E-state index in [1.807, 2.05) is 0 Å². The lowest BCUT2D eigenvalue weighted by atomic mass is 10.0. The molecule has 0 N–H and O–H groups in total. The first-order valence-electron chi connectivity index (χ1n) is 6.34. The molecule has 0 spiro atoms. The average molecular weight is 377 g/mol. The zero-order valence-corrected chi connectivity index (χ0v) is 13.8. The molecule has 2 rings (SSSR count). The minimum Gasteiger partial charge on any atom is -0.381 e. The lowest BCUT2D eigenvalue weighted by Gasteiger charge is -2.29. The average Bonchev–Trinajstić information content (AvgIpc) is 2.39. The van der Waals surface area contributed by atoms with Crippen LogP contribution in [0.15, 0.2) is 22.7 Å². The number of benzene rings is 1. The van der Waals surface area contributed by atoms with E-state index in [2.05, 4.69) is 62.0 Å². The number of rotatable bonds is 4. The number of hydrogen-bond donors (Lipinski definition) is 0. The number of nitrogens with zero attached hydrogens (tertiary/aromatic N) is 1. The third kappa shape index (κ3) is 3.72. The highest BCUT2D eigenvalue weighted by molar-refractivity contribution is 9.10. The molecule has 1 aromatic rings. The predicted octanol–water partition coefficient (Wildman–Crippen LogP) is 4.21. The summed E-state index contributed by atoms with van der Waals surface area (Å²) in [6, 6.07) is 6.47. The summed E-state index contributed by atoms with van der Waals surface area (Å²) >= 11 is 7.09. The Hall–Kier alpha value is -0.0600. The van der Waals surface area contributed by atoms with E-state index in [0.29, 0.717) is 5.92 Å². The van der Waals surface area contributed by atoms with E-state index >= 15 is 0 Å². The molecular weight excluding hydrogens is 358 g/mol. The Morgan fingerprint density at radius 1 is 1.44 bits per heavy atom. The van der Waals surface area contributed by atoms with Crippen molar-refractivity contribution in [3.63, 3.8) is 0 Å². The van der Waals surface area contributed by atoms with Gasteiger partial charge in [0.05, 0.1) is 6.61 Å². The van der Waals surface area contributed by atoms with Crippen molar-refractivity contribution < 1.29 is 4.74 Å². The fourth-order valence-corrected chi connectivity index (χ4v) is 3.33. The van der Waals surface area contributed by atoms with Crippen LogP contribution in [0.2, 0.25) is 0 Å². The van der Waals surface area contributed by atoms with Gasteiger partial charge in [0.25, 0.3) is 0 Å². The minimum absolute atomic E-state index is 0.663. The molecule has 1 heterocycles. The molecule has 100 valence electrons. The Morgan fingerprint density at radius 2 is 2.28 bits per heavy atom. The summed E-state index contributed by atoms with van der Waals surface area (Å²) in [4.78, 5) is 2.35. The topological polar surface area (TPSA) is 12.5 Å². The third-order valence-electron chi connectivity index (χ3n) is 3.38. The number of anilines is 1. The highest BCUT2D eigenvalue weighted by Gasteiger charge is 2.17. The molecule has 0 radical (unpaired) electrons. The van der Waals surface area contributed by atoms with Crippen LogP contribution < -0.4 is 4.90 Å². The van der Waals surface area contributed by atoms with Crippen molar-refractivity contribution in [2.45, 2.75) is 18.2 Å². The molecule has 2 nitrogen and oxygen atoms in total. The Kier molecular flexibility index (Phi) is 5.52. The van der Waals surface area contributed by atoms with Crippen molar-refractivity contribution in [3.05, 3.63) is 28.2 Å². The van der Waals surface area contributed by atoms with Crippen LogP contribution in [-0.4, -0.2) is 26.8 Å². The summed E-state index contributed by atoms with van der Waals surface area (Å²) in [5.74, 6) is 0.663. The molecule has 0 aliphatic carbocycles. The standard InChI is InChI=1S/C14H19Br2NO/c1-17(9-11-3-2-6-18-10-11)14-5-4-13(16)7-12(14)8-15/h4-5,7,11H,2-3,6,8-10H2,1H3. The van der Waals surface area contributed by atoms with E-state index in [-0.39, 0.29) is 0 Å². The Bertz CT molecular complexity index is 391. The molecule has 0 aromatic heterocycles. The maximum Gasteiger partial charge on any atom is 0.0511 e. The van der Waals surface area contributed by atoms with Gasteiger partial charge in [0.2, 0.25) is 0 Å². The molecule has 0 amide bonds. The highest BCUT2D eigenvalue weighted by Crippen LogP contribution is 2.27. The van der Waals surface area contributed by atoms with Gasteiger partial charge in [-0.15, -0.1) is 0 Å². The Morgan fingerprint density at radius 3 is 2.94 bits per heavy atom. The smallest absolute Gasteiger partial charge is 0.0511 e. The van der Waals surface area contributed by atoms with Crippen LogP contribution in [0, 0.1) is 5.92 Å². The van der Waals surface area contributed by atoms with Crippen molar-refractivity contribution in [2.75, 3.05) is 31.7 Å². The lowest BCUT2D eigenvalue weighted by molar-refractivity contribution is 0.0576. The second-order valence-electron chi connectivity index (χ2n) is 4.87. The fraction of sp³-hybridized carbons (Fsp3) is 0.571. The second kappa shape index (κ2) is 6.92. The van der Waals surface area contributed by atoms with Crippen molar-refractivity contribution in [2.24, 2.45) is 5.92 Å². The quantitative estimate of drug-likeness (QED) is 0.730. The van der Waals surface area contributed by atoms with E-state index < -0.39 is 0 Å². The number of halogens is 2. The van der Waals surface area contributed by atoms with E-state index in [0.717, 1.165) is 29.6 Å². The highest BCUT2D eigenvalue weighted by atomic mass is 79.9. The van der Waals surface area contributed by atoms with Gasteiger partial charge in [0.1, 0.15) is 0 Å². The van der Waals surface area contributed by atoms with Crippen LogP contribution >= 0.6 is 31.9 Å². The Balaban J connectivity index is 2.05. The van der Waals surface area contributed by atoms with Crippen LogP contribution in [-0.2, 0) is 10.1 Å². The first-order chi connectivity index (χ1) is 8.70. The maximum absolute atomic E-state index is 5.55. The van der Waals surface area contributed by atoms with Gasteiger partial charge in [-0.05, 0) is 42.5 Å². The largest absolute Gasteiger partial charge is 0.381 e. The zero-order valence-electron chi connectivity index (χ0n) is 10.7. The summed E-state index contributed by atoms with van der Waals surface area (Å²) in [6.07, 6.45) is 2.48. The van der Waals surface area contributed by atoms with E-state index in [1.54, 1.807) is 0 Å². The summed E-state index contributed by atoms with van der Waals surface area (Å²) in [6.45, 7) is 2.91. The SMILES string of the molecule is CN(CC1CCCOC1)c1ccc(Br)cc1CBr. The number of hydrogen-bond acceptors (Lipinski definition) is 2. The number of alkyl halides is 1. The fourth-order valence-electron chi connectivity index (χ4n) is 2.47. The molecule has 1 saturated heterocycles. The van der Waals surface area contributed by atoms with Crippen molar-refractivity contribution in [1.29, 1.82) is 0 Å². The van der Waals surface area contributed by atoms with Crippen molar-refractivity contribution in [1.82, 2.24) is 0 Å². The first-order valence-corrected chi connectivity index (χ1v) is 8.25. The van der Waals surface area contributed by atoms with Gasteiger partial charge in [-0.25, -0.2) is 0 Å². The lowest BCUT2D eigenvalue weighted by Crippen LogP contribution is -2.31.